The van der Waals surface area contributed by atoms with E-state index < -0.39 is 23.2 Å². The third kappa shape index (κ3) is 2.17. The van der Waals surface area contributed by atoms with E-state index in [1.807, 2.05) is 0 Å². The standard InChI is InChI=1S/C8H7ClF3NO2/c9-4-1-2-6(13)5(3-4)7(14,15)8(10,11)12/h1-3,14-15H,13H2. The second-order valence-corrected chi connectivity index (χ2v) is 3.34. The van der Waals surface area contributed by atoms with E-state index in [2.05, 4.69) is 0 Å². The van der Waals surface area contributed by atoms with Crippen molar-refractivity contribution in [1.29, 1.82) is 0 Å². The predicted molar refractivity (Wildman–Crippen MR) is 48.0 cm³/mol. The Balaban J connectivity index is 3.32. The van der Waals surface area contributed by atoms with Gasteiger partial charge >= 0.3 is 6.18 Å². The quantitative estimate of drug-likeness (QED) is 0.517. The molecule has 0 bridgehead atoms. The van der Waals surface area contributed by atoms with Gasteiger partial charge in [0.15, 0.2) is 0 Å². The molecule has 15 heavy (non-hydrogen) atoms. The molecule has 0 spiro atoms. The van der Waals surface area contributed by atoms with Crippen LogP contribution < -0.4 is 5.73 Å². The molecule has 84 valence electrons. The molecule has 0 saturated heterocycles. The first-order valence-electron chi connectivity index (χ1n) is 3.73. The summed E-state index contributed by atoms with van der Waals surface area (Å²) in [6.07, 6.45) is -5.24. The van der Waals surface area contributed by atoms with E-state index >= 15 is 0 Å². The molecule has 0 aromatic heterocycles. The third-order valence-corrected chi connectivity index (χ3v) is 2.02. The molecule has 7 heteroatoms. The maximum absolute atomic E-state index is 12.2. The van der Waals surface area contributed by atoms with Crippen LogP contribution in [0.3, 0.4) is 0 Å². The van der Waals surface area contributed by atoms with E-state index in [1.54, 1.807) is 0 Å². The van der Waals surface area contributed by atoms with Crippen LogP contribution in [0.5, 0.6) is 0 Å². The Labute approximate surface area is 87.9 Å². The van der Waals surface area contributed by atoms with Crippen molar-refractivity contribution >= 4 is 17.3 Å². The lowest BCUT2D eigenvalue weighted by atomic mass is 10.0. The molecule has 0 saturated carbocycles. The van der Waals surface area contributed by atoms with Gasteiger partial charge in [-0.2, -0.15) is 13.2 Å². The van der Waals surface area contributed by atoms with Crippen molar-refractivity contribution < 1.29 is 23.4 Å². The number of rotatable bonds is 1. The zero-order valence-electron chi connectivity index (χ0n) is 7.22. The van der Waals surface area contributed by atoms with Crippen LogP contribution in [0, 0.1) is 0 Å². The largest absolute Gasteiger partial charge is 0.447 e. The number of hydrogen-bond donors (Lipinski definition) is 3. The highest BCUT2D eigenvalue weighted by Gasteiger charge is 2.55. The van der Waals surface area contributed by atoms with Crippen molar-refractivity contribution in [2.75, 3.05) is 5.73 Å². The van der Waals surface area contributed by atoms with Crippen LogP contribution in [0.1, 0.15) is 5.56 Å². The van der Waals surface area contributed by atoms with Gasteiger partial charge in [-0.05, 0) is 18.2 Å². The molecule has 0 aliphatic heterocycles. The van der Waals surface area contributed by atoms with Crippen molar-refractivity contribution in [2.45, 2.75) is 12.0 Å². The molecule has 0 radical (unpaired) electrons. The summed E-state index contributed by atoms with van der Waals surface area (Å²) in [5, 5.41) is 17.8. The third-order valence-electron chi connectivity index (χ3n) is 1.79. The Hall–Kier alpha value is -0.980. The van der Waals surface area contributed by atoms with E-state index in [1.165, 1.54) is 6.07 Å². The highest BCUT2D eigenvalue weighted by atomic mass is 35.5. The summed E-state index contributed by atoms with van der Waals surface area (Å²) in [6, 6.07) is 3.06. The highest BCUT2D eigenvalue weighted by molar-refractivity contribution is 6.30. The number of nitrogens with two attached hydrogens (primary N) is 1. The molecule has 1 aromatic rings. The van der Waals surface area contributed by atoms with Gasteiger partial charge in [-0.3, -0.25) is 0 Å². The van der Waals surface area contributed by atoms with Crippen LogP contribution in [-0.4, -0.2) is 16.4 Å². The molecule has 0 aliphatic rings. The van der Waals surface area contributed by atoms with Gasteiger partial charge in [-0.1, -0.05) is 11.6 Å². The lowest BCUT2D eigenvalue weighted by Crippen LogP contribution is -2.42. The Morgan fingerprint density at radius 1 is 1.20 bits per heavy atom. The number of halogens is 4. The summed E-state index contributed by atoms with van der Waals surface area (Å²) in [5.41, 5.74) is 3.91. The summed E-state index contributed by atoms with van der Waals surface area (Å²) in [4.78, 5) is 0. The summed E-state index contributed by atoms with van der Waals surface area (Å²) in [7, 11) is 0. The number of alkyl halides is 3. The second-order valence-electron chi connectivity index (χ2n) is 2.90. The number of hydrogen-bond acceptors (Lipinski definition) is 3. The van der Waals surface area contributed by atoms with E-state index in [9.17, 15) is 13.2 Å². The van der Waals surface area contributed by atoms with E-state index in [-0.39, 0.29) is 5.02 Å². The van der Waals surface area contributed by atoms with Gasteiger partial charge in [0.1, 0.15) is 0 Å². The summed E-state index contributed by atoms with van der Waals surface area (Å²) in [5.74, 6) is -4.00. The molecule has 0 atom stereocenters. The Kier molecular flexibility index (Phi) is 2.86. The van der Waals surface area contributed by atoms with Gasteiger partial charge in [-0.25, -0.2) is 0 Å². The van der Waals surface area contributed by atoms with Gasteiger partial charge in [0.2, 0.25) is 0 Å². The number of nitrogen functional groups attached to an aromatic ring is 1. The van der Waals surface area contributed by atoms with Crippen molar-refractivity contribution in [2.24, 2.45) is 0 Å². The maximum Gasteiger partial charge on any atom is 0.447 e. The van der Waals surface area contributed by atoms with Crippen molar-refractivity contribution in [3.63, 3.8) is 0 Å². The lowest BCUT2D eigenvalue weighted by molar-refractivity contribution is -0.357. The van der Waals surface area contributed by atoms with Crippen LogP contribution in [0.2, 0.25) is 5.02 Å². The molecular formula is C8H7ClF3NO2. The molecule has 4 N–H and O–H groups in total. The minimum absolute atomic E-state index is 0.0732. The Bertz CT molecular complexity index is 379. The first kappa shape index (κ1) is 12.1. The molecule has 0 heterocycles. The zero-order chi connectivity index (χ0) is 11.9. The molecule has 0 aliphatic carbocycles. The van der Waals surface area contributed by atoms with Crippen LogP contribution in [0.15, 0.2) is 18.2 Å². The highest BCUT2D eigenvalue weighted by Crippen LogP contribution is 2.39. The fourth-order valence-electron chi connectivity index (χ4n) is 0.983. The summed E-state index contributed by atoms with van der Waals surface area (Å²) in [6.45, 7) is 0. The van der Waals surface area contributed by atoms with Gasteiger partial charge in [0.25, 0.3) is 5.79 Å². The topological polar surface area (TPSA) is 66.5 Å². The van der Waals surface area contributed by atoms with Crippen molar-refractivity contribution in [1.82, 2.24) is 0 Å². The zero-order valence-corrected chi connectivity index (χ0v) is 7.97. The summed E-state index contributed by atoms with van der Waals surface area (Å²) < 4.78 is 36.7. The van der Waals surface area contributed by atoms with Crippen molar-refractivity contribution in [3.05, 3.63) is 28.8 Å². The van der Waals surface area contributed by atoms with Gasteiger partial charge in [0.05, 0.1) is 0 Å². The average Bonchev–Trinajstić information content (AvgIpc) is 2.07. The minimum Gasteiger partial charge on any atom is -0.398 e. The second kappa shape index (κ2) is 3.55. The fraction of sp³-hybridized carbons (Fsp3) is 0.250. The maximum atomic E-state index is 12.2. The molecule has 1 rings (SSSR count). The number of benzene rings is 1. The first-order chi connectivity index (χ1) is 6.66. The lowest BCUT2D eigenvalue weighted by Gasteiger charge is -2.26. The van der Waals surface area contributed by atoms with Gasteiger partial charge < -0.3 is 15.9 Å². The van der Waals surface area contributed by atoms with Crippen LogP contribution in [0.25, 0.3) is 0 Å². The normalized spacial score (nSPS) is 12.9. The fourth-order valence-corrected chi connectivity index (χ4v) is 1.16. The minimum atomic E-state index is -5.24. The van der Waals surface area contributed by atoms with Crippen molar-refractivity contribution in [3.8, 4) is 0 Å². The SMILES string of the molecule is Nc1ccc(Cl)cc1C(O)(O)C(F)(F)F. The number of aliphatic hydroxyl groups is 2. The predicted octanol–water partition coefficient (Wildman–Crippen LogP) is 1.62. The Morgan fingerprint density at radius 2 is 1.73 bits per heavy atom. The van der Waals surface area contributed by atoms with E-state index in [4.69, 9.17) is 27.5 Å². The molecular weight excluding hydrogens is 235 g/mol. The van der Waals surface area contributed by atoms with E-state index in [0.717, 1.165) is 12.1 Å². The molecule has 1 aromatic carbocycles. The molecule has 0 amide bonds. The molecule has 0 fully saturated rings. The van der Waals surface area contributed by atoms with Crippen LogP contribution in [0.4, 0.5) is 18.9 Å². The van der Waals surface area contributed by atoms with Gasteiger partial charge in [0, 0.05) is 16.3 Å². The average molecular weight is 242 g/mol. The van der Waals surface area contributed by atoms with E-state index in [0.29, 0.717) is 0 Å². The number of anilines is 1. The Morgan fingerprint density at radius 3 is 2.20 bits per heavy atom. The molecule has 0 unspecified atom stereocenters. The van der Waals surface area contributed by atoms with Crippen LogP contribution >= 0.6 is 11.6 Å². The first-order valence-corrected chi connectivity index (χ1v) is 4.11. The smallest absolute Gasteiger partial charge is 0.398 e. The van der Waals surface area contributed by atoms with Gasteiger partial charge in [-0.15, -0.1) is 0 Å². The van der Waals surface area contributed by atoms with Crippen LogP contribution in [-0.2, 0) is 5.79 Å². The summed E-state index contributed by atoms with van der Waals surface area (Å²) >= 11 is 5.43. The monoisotopic (exact) mass is 241 g/mol. The molecule has 3 nitrogen and oxygen atoms in total.